The van der Waals surface area contributed by atoms with Gasteiger partial charge in [0.2, 0.25) is 17.7 Å². The van der Waals surface area contributed by atoms with Crippen LogP contribution in [-0.4, -0.2) is 68.3 Å². The molecule has 3 amide bonds. The first kappa shape index (κ1) is 30.3. The van der Waals surface area contributed by atoms with Crippen LogP contribution in [0.4, 0.5) is 0 Å². The molecule has 2 fully saturated rings. The number of hydrogen-bond acceptors (Lipinski definition) is 6. The highest BCUT2D eigenvalue weighted by Crippen LogP contribution is 2.50. The zero-order valence-electron chi connectivity index (χ0n) is 20.7. The molecule has 4 atom stereocenters. The molecule has 2 aromatic carbocycles. The minimum atomic E-state index is -1.09. The lowest BCUT2D eigenvalue weighted by Gasteiger charge is -2.44. The lowest BCUT2D eigenvalue weighted by Crippen LogP contribution is -2.71. The fourth-order valence-electron chi connectivity index (χ4n) is 4.49. The fraction of sp³-hybridized carbons (Fsp3) is 0.320. The summed E-state index contributed by atoms with van der Waals surface area (Å²) >= 11 is 8.00. The SMILES string of the molecule is CC1(C)S[C@@H]2[C@H](NC(=O)C(NC(=O)CN=C(N)c3cc(I)c(I)c(I)c3)c3ccccc3)C(=O)N2[C@H]1C(=O)O. The maximum absolute atomic E-state index is 13.4. The Labute approximate surface area is 270 Å². The molecule has 2 aliphatic heterocycles. The number of amides is 3. The quantitative estimate of drug-likeness (QED) is 0.105. The van der Waals surface area contributed by atoms with E-state index in [-0.39, 0.29) is 12.4 Å². The van der Waals surface area contributed by atoms with E-state index in [0.29, 0.717) is 11.1 Å². The highest BCUT2D eigenvalue weighted by Gasteiger charge is 2.64. The first-order chi connectivity index (χ1) is 18.3. The van der Waals surface area contributed by atoms with Crippen molar-refractivity contribution in [3.05, 3.63) is 64.3 Å². The van der Waals surface area contributed by atoms with Crippen LogP contribution in [0.5, 0.6) is 0 Å². The van der Waals surface area contributed by atoms with Gasteiger partial charge in [-0.05, 0) is 99.3 Å². The van der Waals surface area contributed by atoms with E-state index in [4.69, 9.17) is 5.73 Å². The molecule has 10 nitrogen and oxygen atoms in total. The summed E-state index contributed by atoms with van der Waals surface area (Å²) in [6.45, 7) is 3.22. The van der Waals surface area contributed by atoms with Gasteiger partial charge >= 0.3 is 5.97 Å². The minimum Gasteiger partial charge on any atom is -0.480 e. The van der Waals surface area contributed by atoms with Crippen molar-refractivity contribution in [2.24, 2.45) is 10.7 Å². The predicted octanol–water partition coefficient (Wildman–Crippen LogP) is 2.69. The number of rotatable bonds is 8. The van der Waals surface area contributed by atoms with Crippen LogP contribution in [-0.2, 0) is 19.2 Å². The second kappa shape index (κ2) is 12.1. The summed E-state index contributed by atoms with van der Waals surface area (Å²) in [7, 11) is 0. The number of hydrogen-bond donors (Lipinski definition) is 4. The first-order valence-electron chi connectivity index (χ1n) is 11.6. The number of carboxylic acid groups (broad SMARTS) is 1. The van der Waals surface area contributed by atoms with Crippen LogP contribution in [0, 0.1) is 10.7 Å². The molecule has 14 heteroatoms. The lowest BCUT2D eigenvalue weighted by atomic mass is 9.95. The van der Waals surface area contributed by atoms with Crippen molar-refractivity contribution in [1.29, 1.82) is 0 Å². The Balaban J connectivity index is 1.47. The van der Waals surface area contributed by atoms with Gasteiger partial charge in [0, 0.05) is 21.0 Å². The number of halogens is 3. The van der Waals surface area contributed by atoms with Gasteiger partial charge in [0.15, 0.2) is 0 Å². The number of carbonyl (C=O) groups is 4. The van der Waals surface area contributed by atoms with Crippen molar-refractivity contribution in [3.63, 3.8) is 0 Å². The summed E-state index contributed by atoms with van der Waals surface area (Å²) in [6.07, 6.45) is 0. The Morgan fingerprint density at radius 1 is 1.15 bits per heavy atom. The molecule has 0 bridgehead atoms. The monoisotopic (exact) mass is 887 g/mol. The van der Waals surface area contributed by atoms with E-state index in [2.05, 4.69) is 83.4 Å². The molecule has 0 aliphatic carbocycles. The number of aliphatic imine (C=N–C) groups is 1. The number of carbonyl (C=O) groups excluding carboxylic acids is 3. The summed E-state index contributed by atoms with van der Waals surface area (Å²) < 4.78 is 2.41. The molecule has 2 saturated heterocycles. The second-order valence-electron chi connectivity index (χ2n) is 9.45. The number of nitrogens with zero attached hydrogens (tertiary/aromatic N) is 2. The van der Waals surface area contributed by atoms with Gasteiger partial charge in [0.25, 0.3) is 0 Å². The molecule has 0 spiro atoms. The van der Waals surface area contributed by atoms with Crippen molar-refractivity contribution in [2.75, 3.05) is 6.54 Å². The number of thioether (sulfide) groups is 1. The van der Waals surface area contributed by atoms with Crippen LogP contribution in [0.1, 0.15) is 31.0 Å². The van der Waals surface area contributed by atoms with Crippen molar-refractivity contribution in [3.8, 4) is 0 Å². The number of benzene rings is 2. The Kier molecular flexibility index (Phi) is 9.36. The van der Waals surface area contributed by atoms with Gasteiger partial charge in [-0.3, -0.25) is 19.4 Å². The van der Waals surface area contributed by atoms with Gasteiger partial charge in [0.1, 0.15) is 35.9 Å². The Hall–Kier alpha value is -1.67. The molecule has 5 N–H and O–H groups in total. The molecule has 0 aromatic heterocycles. The highest BCUT2D eigenvalue weighted by molar-refractivity contribution is 14.1. The third-order valence-electron chi connectivity index (χ3n) is 6.35. The number of amidine groups is 1. The number of carboxylic acids is 1. The second-order valence-corrected chi connectivity index (χ2v) is 14.6. The van der Waals surface area contributed by atoms with Gasteiger partial charge in [-0.25, -0.2) is 4.79 Å². The van der Waals surface area contributed by atoms with E-state index in [1.807, 2.05) is 12.1 Å². The zero-order valence-corrected chi connectivity index (χ0v) is 27.9. The molecule has 39 heavy (non-hydrogen) atoms. The average molecular weight is 887 g/mol. The molecule has 0 saturated carbocycles. The maximum Gasteiger partial charge on any atom is 0.327 e. The topological polar surface area (TPSA) is 154 Å². The number of aliphatic carboxylic acids is 1. The summed E-state index contributed by atoms with van der Waals surface area (Å²) in [6, 6.07) is 9.45. The number of nitrogens with one attached hydrogen (secondary N) is 2. The molecule has 206 valence electrons. The zero-order chi connectivity index (χ0) is 28.6. The number of fused-ring (bicyclic) bond motifs is 1. The molecular weight excluding hydrogens is 863 g/mol. The van der Waals surface area contributed by atoms with Gasteiger partial charge in [-0.2, -0.15) is 0 Å². The van der Waals surface area contributed by atoms with Crippen molar-refractivity contribution in [1.82, 2.24) is 15.5 Å². The van der Waals surface area contributed by atoms with Gasteiger partial charge in [-0.1, -0.05) is 30.3 Å². The lowest BCUT2D eigenvalue weighted by molar-refractivity contribution is -0.161. The summed E-state index contributed by atoms with van der Waals surface area (Å²) in [5, 5.41) is 14.6. The normalized spacial score (nSPS) is 22.5. The van der Waals surface area contributed by atoms with Crippen molar-refractivity contribution < 1.29 is 24.3 Å². The minimum absolute atomic E-state index is 0.201. The van der Waals surface area contributed by atoms with E-state index in [0.717, 1.165) is 10.7 Å². The molecule has 0 radical (unpaired) electrons. The molecular formula is C25H24I3N5O5S. The maximum atomic E-state index is 13.4. The van der Waals surface area contributed by atoms with Gasteiger partial charge < -0.3 is 26.4 Å². The van der Waals surface area contributed by atoms with Crippen molar-refractivity contribution >= 4 is 109 Å². The summed E-state index contributed by atoms with van der Waals surface area (Å²) in [5.41, 5.74) is 7.35. The summed E-state index contributed by atoms with van der Waals surface area (Å²) in [5.74, 6) is -2.45. The Morgan fingerprint density at radius 2 is 1.77 bits per heavy atom. The van der Waals surface area contributed by atoms with E-state index in [1.54, 1.807) is 44.2 Å². The van der Waals surface area contributed by atoms with Crippen LogP contribution >= 0.6 is 79.5 Å². The van der Waals surface area contributed by atoms with E-state index in [9.17, 15) is 24.3 Å². The number of nitrogens with two attached hydrogens (primary N) is 1. The van der Waals surface area contributed by atoms with Crippen LogP contribution in [0.25, 0.3) is 0 Å². The van der Waals surface area contributed by atoms with E-state index in [1.165, 1.54) is 16.7 Å². The van der Waals surface area contributed by atoms with E-state index < -0.39 is 51.9 Å². The largest absolute Gasteiger partial charge is 0.480 e. The number of β-lactam (4-membered cyclic amide) rings is 1. The van der Waals surface area contributed by atoms with Crippen LogP contribution in [0.15, 0.2) is 47.5 Å². The van der Waals surface area contributed by atoms with Crippen LogP contribution in [0.2, 0.25) is 0 Å². The third kappa shape index (κ3) is 6.32. The Bertz CT molecular complexity index is 1350. The third-order valence-corrected chi connectivity index (χ3v) is 12.8. The Morgan fingerprint density at radius 3 is 2.36 bits per heavy atom. The average Bonchev–Trinajstić information content (AvgIpc) is 3.15. The van der Waals surface area contributed by atoms with Gasteiger partial charge in [0.05, 0.1) is 0 Å². The standard InChI is InChI=1S/C25H24I3N5O5S/c1-25(2)19(24(37)38)33-22(36)18(23(33)39-25)32-21(35)17(11-6-4-3-5-7-11)31-15(34)10-30-20(29)12-8-13(26)16(28)14(27)9-12/h3-9,17-19,23H,10H2,1-2H3,(H2,29,30)(H,31,34)(H,32,35)(H,37,38)/t17?,18-,19+,23-/m1/s1. The molecule has 4 rings (SSSR count). The van der Waals surface area contributed by atoms with Crippen LogP contribution < -0.4 is 16.4 Å². The molecule has 2 aromatic rings. The van der Waals surface area contributed by atoms with E-state index >= 15 is 0 Å². The fourth-order valence-corrected chi connectivity index (χ4v) is 8.19. The molecule has 2 heterocycles. The first-order valence-corrected chi connectivity index (χ1v) is 15.8. The molecule has 2 aliphatic rings. The molecule has 1 unspecified atom stereocenters. The smallest absolute Gasteiger partial charge is 0.327 e. The predicted molar refractivity (Wildman–Crippen MR) is 173 cm³/mol. The van der Waals surface area contributed by atoms with Crippen molar-refractivity contribution in [2.45, 2.75) is 42.1 Å². The summed E-state index contributed by atoms with van der Waals surface area (Å²) in [4.78, 5) is 56.4. The highest BCUT2D eigenvalue weighted by atomic mass is 127. The van der Waals surface area contributed by atoms with Gasteiger partial charge in [-0.15, -0.1) is 11.8 Å². The van der Waals surface area contributed by atoms with Crippen LogP contribution in [0.3, 0.4) is 0 Å².